The van der Waals surface area contributed by atoms with Crippen molar-refractivity contribution in [1.82, 2.24) is 30.7 Å². The van der Waals surface area contributed by atoms with Crippen LogP contribution in [0.3, 0.4) is 0 Å². The molecule has 1 fully saturated rings. The minimum atomic E-state index is -0.497. The van der Waals surface area contributed by atoms with Gasteiger partial charge in [-0.2, -0.15) is 9.78 Å². The number of benzene rings is 1. The molecule has 11 heteroatoms. The molecule has 4 aromatic rings. The molecule has 10 nitrogen and oxygen atoms in total. The number of nitrogens with one attached hydrogen (secondary N) is 1. The molecule has 3 N–H and O–H groups in total. The number of hydrazone groups is 1. The van der Waals surface area contributed by atoms with Crippen molar-refractivity contribution in [2.45, 2.75) is 44.9 Å². The topological polar surface area (TPSA) is 137 Å². The number of carbonyl (C=O) groups is 1. The van der Waals surface area contributed by atoms with Crippen LogP contribution in [0.5, 0.6) is 0 Å². The molecule has 0 atom stereocenters. The minimum Gasteiger partial charge on any atom is -0.378 e. The molecular formula is C23H24N8O2S. The number of hydrogen-bond acceptors (Lipinski definition) is 9. The fourth-order valence-corrected chi connectivity index (χ4v) is 5.00. The number of aromatic nitrogens is 5. The highest BCUT2D eigenvalue weighted by atomic mass is 32.1. The molecule has 0 bridgehead atoms. The van der Waals surface area contributed by atoms with E-state index in [1.165, 1.54) is 53.7 Å². The van der Waals surface area contributed by atoms with Crippen molar-refractivity contribution in [2.24, 2.45) is 5.10 Å². The number of nitrogens with zero attached hydrogens (tertiary/aromatic N) is 6. The van der Waals surface area contributed by atoms with E-state index in [2.05, 4.69) is 60.0 Å². The number of hydrogen-bond donors (Lipinski definition) is 2. The molecule has 3 aromatic heterocycles. The molecule has 1 aromatic carbocycles. The van der Waals surface area contributed by atoms with Crippen LogP contribution in [-0.2, 0) is 0 Å². The van der Waals surface area contributed by atoms with Crippen LogP contribution < -0.4 is 11.2 Å². The lowest BCUT2D eigenvalue weighted by Crippen LogP contribution is -2.20. The van der Waals surface area contributed by atoms with E-state index in [1.54, 1.807) is 0 Å². The molecule has 0 unspecified atom stereocenters. The predicted molar refractivity (Wildman–Crippen MR) is 129 cm³/mol. The van der Waals surface area contributed by atoms with Crippen LogP contribution in [0.15, 0.2) is 51.5 Å². The zero-order valence-corrected chi connectivity index (χ0v) is 19.5. The van der Waals surface area contributed by atoms with Crippen molar-refractivity contribution in [3.63, 3.8) is 0 Å². The van der Waals surface area contributed by atoms with Crippen molar-refractivity contribution in [3.8, 4) is 16.4 Å². The average molecular weight is 477 g/mol. The van der Waals surface area contributed by atoms with Gasteiger partial charge in [0.05, 0.1) is 10.6 Å². The SMILES string of the molecule is C/C(=N\NC(=O)c1nnn(-c2nonc2N)c1-c1cccs1)c1ccc(C2CCCCC2)cc1. The molecule has 0 saturated heterocycles. The first-order chi connectivity index (χ1) is 16.6. The van der Waals surface area contributed by atoms with Gasteiger partial charge in [0.25, 0.3) is 5.91 Å². The third kappa shape index (κ3) is 4.34. The maximum atomic E-state index is 13.0. The van der Waals surface area contributed by atoms with Gasteiger partial charge in [0.15, 0.2) is 5.69 Å². The second-order valence-electron chi connectivity index (χ2n) is 8.24. The van der Waals surface area contributed by atoms with Gasteiger partial charge in [-0.05, 0) is 58.6 Å². The summed E-state index contributed by atoms with van der Waals surface area (Å²) in [7, 11) is 0. The van der Waals surface area contributed by atoms with Crippen LogP contribution >= 0.6 is 11.3 Å². The van der Waals surface area contributed by atoms with Gasteiger partial charge in [0.2, 0.25) is 11.6 Å². The van der Waals surface area contributed by atoms with Gasteiger partial charge in [-0.25, -0.2) is 10.1 Å². The molecule has 0 radical (unpaired) electrons. The van der Waals surface area contributed by atoms with E-state index in [9.17, 15) is 4.79 Å². The first-order valence-electron chi connectivity index (χ1n) is 11.1. The Morgan fingerprint density at radius 3 is 2.65 bits per heavy atom. The standard InChI is InChI=1S/C23H24N8O2S/c1-14(15-9-11-17(12-10-15)16-6-3-2-4-7-16)25-27-23(32)19-20(18-8-5-13-34-18)31(30-26-19)22-21(24)28-33-29-22/h5,8-13,16H,2-4,6-7H2,1H3,(H2,24,28)(H,27,32)/b25-14+. The number of anilines is 1. The normalized spacial score (nSPS) is 14.9. The Hall–Kier alpha value is -3.86. The van der Waals surface area contributed by atoms with Crippen molar-refractivity contribution in [1.29, 1.82) is 0 Å². The van der Waals surface area contributed by atoms with Gasteiger partial charge in [0, 0.05) is 0 Å². The number of amides is 1. The van der Waals surface area contributed by atoms with Crippen LogP contribution in [0.2, 0.25) is 0 Å². The number of nitrogens with two attached hydrogens (primary N) is 1. The minimum absolute atomic E-state index is 0.0419. The molecule has 3 heterocycles. The van der Waals surface area contributed by atoms with E-state index >= 15 is 0 Å². The van der Waals surface area contributed by atoms with E-state index in [0.717, 1.165) is 10.4 Å². The van der Waals surface area contributed by atoms with Crippen molar-refractivity contribution in [2.75, 3.05) is 5.73 Å². The van der Waals surface area contributed by atoms with E-state index in [-0.39, 0.29) is 17.3 Å². The maximum absolute atomic E-state index is 13.0. The summed E-state index contributed by atoms with van der Waals surface area (Å²) in [5, 5.41) is 21.7. The van der Waals surface area contributed by atoms with Crippen LogP contribution in [0, 0.1) is 0 Å². The van der Waals surface area contributed by atoms with E-state index in [1.807, 2.05) is 24.4 Å². The molecule has 1 aliphatic carbocycles. The van der Waals surface area contributed by atoms with Gasteiger partial charge in [0.1, 0.15) is 5.69 Å². The zero-order valence-electron chi connectivity index (χ0n) is 18.6. The summed E-state index contributed by atoms with van der Waals surface area (Å²) in [4.78, 5) is 13.8. The summed E-state index contributed by atoms with van der Waals surface area (Å²) in [6, 6.07) is 12.2. The van der Waals surface area contributed by atoms with E-state index < -0.39 is 5.91 Å². The maximum Gasteiger partial charge on any atom is 0.294 e. The molecule has 1 amide bonds. The highest BCUT2D eigenvalue weighted by Gasteiger charge is 2.25. The summed E-state index contributed by atoms with van der Waals surface area (Å²) in [6.07, 6.45) is 6.45. The molecule has 1 aliphatic rings. The summed E-state index contributed by atoms with van der Waals surface area (Å²) < 4.78 is 6.02. The van der Waals surface area contributed by atoms with Crippen molar-refractivity contribution in [3.05, 3.63) is 58.6 Å². The van der Waals surface area contributed by atoms with E-state index in [4.69, 9.17) is 5.73 Å². The fourth-order valence-electron chi connectivity index (χ4n) is 4.24. The Kier molecular flexibility index (Phi) is 6.17. The highest BCUT2D eigenvalue weighted by Crippen LogP contribution is 2.33. The predicted octanol–water partition coefficient (Wildman–Crippen LogP) is 4.16. The van der Waals surface area contributed by atoms with Crippen LogP contribution in [-0.4, -0.2) is 36.9 Å². The number of carbonyl (C=O) groups excluding carboxylic acids is 1. The fraction of sp³-hybridized carbons (Fsp3) is 0.304. The molecule has 174 valence electrons. The lowest BCUT2D eigenvalue weighted by molar-refractivity contribution is 0.0950. The lowest BCUT2D eigenvalue weighted by Gasteiger charge is -2.22. The van der Waals surface area contributed by atoms with Gasteiger partial charge in [-0.15, -0.1) is 16.4 Å². The number of nitrogen functional groups attached to an aromatic ring is 1. The van der Waals surface area contributed by atoms with Gasteiger partial charge in [-0.1, -0.05) is 54.8 Å². The molecule has 5 rings (SSSR count). The molecule has 34 heavy (non-hydrogen) atoms. The van der Waals surface area contributed by atoms with Crippen molar-refractivity contribution < 1.29 is 9.42 Å². The zero-order chi connectivity index (χ0) is 23.5. The van der Waals surface area contributed by atoms with Gasteiger partial charge >= 0.3 is 0 Å². The molecule has 1 saturated carbocycles. The van der Waals surface area contributed by atoms with Crippen molar-refractivity contribution >= 4 is 28.8 Å². The second kappa shape index (κ2) is 9.56. The summed E-state index contributed by atoms with van der Waals surface area (Å²) >= 11 is 1.43. The Morgan fingerprint density at radius 2 is 1.97 bits per heavy atom. The van der Waals surface area contributed by atoms with Gasteiger partial charge < -0.3 is 5.73 Å². The first-order valence-corrected chi connectivity index (χ1v) is 12.0. The third-order valence-corrected chi connectivity index (χ3v) is 6.94. The monoisotopic (exact) mass is 476 g/mol. The average Bonchev–Trinajstić information content (AvgIpc) is 3.63. The number of rotatable bonds is 6. The van der Waals surface area contributed by atoms with Crippen LogP contribution in [0.1, 0.15) is 66.6 Å². The summed E-state index contributed by atoms with van der Waals surface area (Å²) in [5.41, 5.74) is 12.0. The first kappa shape index (κ1) is 22.0. The Morgan fingerprint density at radius 1 is 1.18 bits per heavy atom. The van der Waals surface area contributed by atoms with E-state index in [0.29, 0.717) is 17.3 Å². The molecular weight excluding hydrogens is 452 g/mol. The Bertz CT molecular complexity index is 1300. The van der Waals surface area contributed by atoms with Crippen LogP contribution in [0.4, 0.5) is 5.82 Å². The lowest BCUT2D eigenvalue weighted by atomic mass is 9.84. The largest absolute Gasteiger partial charge is 0.378 e. The molecule has 0 spiro atoms. The van der Waals surface area contributed by atoms with Crippen LogP contribution in [0.25, 0.3) is 16.4 Å². The summed E-state index contributed by atoms with van der Waals surface area (Å²) in [6.45, 7) is 1.86. The Balaban J connectivity index is 1.36. The Labute approximate surface area is 199 Å². The molecule has 0 aliphatic heterocycles. The third-order valence-electron chi connectivity index (χ3n) is 6.07. The second-order valence-corrected chi connectivity index (χ2v) is 9.19. The number of thiophene rings is 1. The smallest absolute Gasteiger partial charge is 0.294 e. The quantitative estimate of drug-likeness (QED) is 0.315. The summed E-state index contributed by atoms with van der Waals surface area (Å²) in [5.74, 6) is 0.350. The van der Waals surface area contributed by atoms with Gasteiger partial charge in [-0.3, -0.25) is 4.79 Å². The highest BCUT2D eigenvalue weighted by molar-refractivity contribution is 7.13.